The monoisotopic (exact) mass is 551 g/mol. The van der Waals surface area contributed by atoms with Gasteiger partial charge in [0, 0.05) is 17.3 Å². The molecule has 3 aromatic rings. The number of carbonyl (C=O) groups excluding carboxylic acids is 3. The van der Waals surface area contributed by atoms with Gasteiger partial charge in [-0.2, -0.15) is 4.37 Å². The molecule has 1 unspecified atom stereocenters. The minimum atomic E-state index is -1.16. The number of aryl methyl sites for hydroxylation is 1. The van der Waals surface area contributed by atoms with E-state index in [9.17, 15) is 14.4 Å². The first-order chi connectivity index (χ1) is 18.7. The van der Waals surface area contributed by atoms with Crippen molar-refractivity contribution in [3.8, 4) is 11.5 Å². The van der Waals surface area contributed by atoms with Crippen LogP contribution in [0.3, 0.4) is 0 Å². The minimum absolute atomic E-state index is 0.00158. The number of methoxy groups -OCH3 is 2. The van der Waals surface area contributed by atoms with Gasteiger partial charge in [-0.15, -0.1) is 0 Å². The molecule has 206 valence electrons. The zero-order valence-corrected chi connectivity index (χ0v) is 23.0. The predicted octanol–water partition coefficient (Wildman–Crippen LogP) is 3.99. The quantitative estimate of drug-likeness (QED) is 0.364. The third-order valence-corrected chi connectivity index (χ3v) is 7.73. The fourth-order valence-electron chi connectivity index (χ4n) is 4.81. The van der Waals surface area contributed by atoms with Gasteiger partial charge in [0.2, 0.25) is 5.91 Å². The van der Waals surface area contributed by atoms with E-state index in [1.165, 1.54) is 19.1 Å². The molecule has 11 heteroatoms. The van der Waals surface area contributed by atoms with Crippen LogP contribution in [0.4, 0.5) is 11.4 Å². The average molecular weight is 552 g/mol. The van der Waals surface area contributed by atoms with Crippen molar-refractivity contribution >= 4 is 40.6 Å². The molecule has 3 amide bonds. The largest absolute Gasteiger partial charge is 0.497 e. The smallest absolute Gasteiger partial charge is 0.273 e. The molecule has 4 rings (SSSR count). The van der Waals surface area contributed by atoms with Crippen LogP contribution in [-0.4, -0.2) is 42.4 Å². The standard InChI is InChI=1S/C28H33N5O5S/c1-16-9-11-18(12-10-16)33(28(36)25-22(29)23(26(30)34)32-39-25)24(27(35)31-17-7-5-4-6-8-17)20-15-19(37-2)13-14-21(20)38-3/h9-15,17,24H,4-8,29H2,1-3H3,(H2,30,34)(H,31,35). The first kappa shape index (κ1) is 27.9. The van der Waals surface area contributed by atoms with Crippen molar-refractivity contribution in [1.29, 1.82) is 0 Å². The van der Waals surface area contributed by atoms with Crippen molar-refractivity contribution in [2.75, 3.05) is 24.9 Å². The number of nitrogens with zero attached hydrogens (tertiary/aromatic N) is 2. The third-order valence-electron chi connectivity index (χ3n) is 6.88. The number of hydrogen-bond acceptors (Lipinski definition) is 8. The molecule has 5 N–H and O–H groups in total. The van der Waals surface area contributed by atoms with Crippen molar-refractivity contribution in [3.63, 3.8) is 0 Å². The van der Waals surface area contributed by atoms with Crippen LogP contribution >= 0.6 is 11.5 Å². The molecular formula is C28H33N5O5S. The maximum Gasteiger partial charge on any atom is 0.273 e. The van der Waals surface area contributed by atoms with Gasteiger partial charge in [0.05, 0.1) is 19.9 Å². The summed E-state index contributed by atoms with van der Waals surface area (Å²) in [6.07, 6.45) is 4.88. The van der Waals surface area contributed by atoms with Gasteiger partial charge in [-0.3, -0.25) is 19.3 Å². The minimum Gasteiger partial charge on any atom is -0.497 e. The number of nitrogens with two attached hydrogens (primary N) is 2. The van der Waals surface area contributed by atoms with Crippen molar-refractivity contribution in [3.05, 3.63) is 64.2 Å². The molecule has 1 aromatic heterocycles. The Hall–Kier alpha value is -4.12. The van der Waals surface area contributed by atoms with Crippen LogP contribution in [0.1, 0.15) is 69.4 Å². The van der Waals surface area contributed by atoms with Crippen LogP contribution < -0.4 is 31.2 Å². The zero-order chi connectivity index (χ0) is 28.1. The summed E-state index contributed by atoms with van der Waals surface area (Å²) in [6.45, 7) is 1.93. The van der Waals surface area contributed by atoms with E-state index in [2.05, 4.69) is 9.69 Å². The molecular weight excluding hydrogens is 518 g/mol. The summed E-state index contributed by atoms with van der Waals surface area (Å²) in [5, 5.41) is 3.17. The maximum absolute atomic E-state index is 14.3. The van der Waals surface area contributed by atoms with E-state index in [1.807, 2.05) is 19.1 Å². The van der Waals surface area contributed by atoms with Crippen LogP contribution in [0.2, 0.25) is 0 Å². The zero-order valence-electron chi connectivity index (χ0n) is 22.2. The molecule has 0 bridgehead atoms. The number of anilines is 2. The molecule has 0 saturated heterocycles. The molecule has 0 radical (unpaired) electrons. The van der Waals surface area contributed by atoms with Crippen molar-refractivity contribution in [2.45, 2.75) is 51.1 Å². The van der Waals surface area contributed by atoms with E-state index >= 15 is 0 Å². The summed E-state index contributed by atoms with van der Waals surface area (Å²) in [5.41, 5.74) is 13.1. The number of rotatable bonds is 9. The molecule has 1 saturated carbocycles. The number of nitrogens with one attached hydrogen (secondary N) is 1. The molecule has 1 heterocycles. The van der Waals surface area contributed by atoms with E-state index in [1.54, 1.807) is 30.3 Å². The highest BCUT2D eigenvalue weighted by Crippen LogP contribution is 2.38. The van der Waals surface area contributed by atoms with Gasteiger partial charge in [-0.05, 0) is 61.6 Å². The Morgan fingerprint density at radius 1 is 1.05 bits per heavy atom. The predicted molar refractivity (Wildman–Crippen MR) is 150 cm³/mol. The molecule has 1 fully saturated rings. The van der Waals surface area contributed by atoms with Gasteiger partial charge in [0.15, 0.2) is 5.69 Å². The second kappa shape index (κ2) is 12.2. The van der Waals surface area contributed by atoms with Crippen LogP contribution in [0.15, 0.2) is 42.5 Å². The number of amides is 3. The lowest BCUT2D eigenvalue weighted by Gasteiger charge is -2.34. The summed E-state index contributed by atoms with van der Waals surface area (Å²) in [6, 6.07) is 11.1. The lowest BCUT2D eigenvalue weighted by Crippen LogP contribution is -2.47. The van der Waals surface area contributed by atoms with E-state index in [4.69, 9.17) is 20.9 Å². The summed E-state index contributed by atoms with van der Waals surface area (Å²) in [4.78, 5) is 41.6. The van der Waals surface area contributed by atoms with Crippen LogP contribution in [0.5, 0.6) is 11.5 Å². The Morgan fingerprint density at radius 3 is 2.33 bits per heavy atom. The Labute approximate surface area is 231 Å². The molecule has 1 aliphatic rings. The van der Waals surface area contributed by atoms with Crippen molar-refractivity contribution in [1.82, 2.24) is 9.69 Å². The Morgan fingerprint density at radius 2 is 1.74 bits per heavy atom. The van der Waals surface area contributed by atoms with Crippen LogP contribution in [-0.2, 0) is 4.79 Å². The van der Waals surface area contributed by atoms with Gasteiger partial charge < -0.3 is 26.3 Å². The molecule has 2 aromatic carbocycles. The molecule has 1 atom stereocenters. The molecule has 0 aliphatic heterocycles. The van der Waals surface area contributed by atoms with Crippen LogP contribution in [0.25, 0.3) is 0 Å². The van der Waals surface area contributed by atoms with Gasteiger partial charge in [0.25, 0.3) is 11.8 Å². The maximum atomic E-state index is 14.3. The van der Waals surface area contributed by atoms with E-state index in [0.29, 0.717) is 22.7 Å². The Balaban J connectivity index is 1.91. The molecule has 0 spiro atoms. The summed E-state index contributed by atoms with van der Waals surface area (Å²) in [7, 11) is 3.02. The van der Waals surface area contributed by atoms with Gasteiger partial charge in [-0.25, -0.2) is 0 Å². The van der Waals surface area contributed by atoms with E-state index in [-0.39, 0.29) is 28.2 Å². The van der Waals surface area contributed by atoms with E-state index < -0.39 is 17.9 Å². The third kappa shape index (κ3) is 5.98. The number of aromatic nitrogens is 1. The van der Waals surface area contributed by atoms with Crippen molar-refractivity contribution < 1.29 is 23.9 Å². The summed E-state index contributed by atoms with van der Waals surface area (Å²) < 4.78 is 15.1. The highest BCUT2D eigenvalue weighted by Gasteiger charge is 2.38. The SMILES string of the molecule is COc1ccc(OC)c(C(C(=O)NC2CCCCC2)N(C(=O)c2snc(C(N)=O)c2N)c2ccc(C)cc2)c1. The first-order valence-corrected chi connectivity index (χ1v) is 13.5. The van der Waals surface area contributed by atoms with Gasteiger partial charge in [-0.1, -0.05) is 37.0 Å². The normalized spacial score (nSPS) is 14.3. The average Bonchev–Trinajstić information content (AvgIpc) is 3.33. The molecule has 1 aliphatic carbocycles. The van der Waals surface area contributed by atoms with Gasteiger partial charge >= 0.3 is 0 Å². The fourth-order valence-corrected chi connectivity index (χ4v) is 5.55. The lowest BCUT2D eigenvalue weighted by molar-refractivity contribution is -0.123. The van der Waals surface area contributed by atoms with Crippen LogP contribution in [0, 0.1) is 6.92 Å². The van der Waals surface area contributed by atoms with E-state index in [0.717, 1.165) is 49.2 Å². The number of benzene rings is 2. The molecule has 10 nitrogen and oxygen atoms in total. The summed E-state index contributed by atoms with van der Waals surface area (Å²) in [5.74, 6) is -0.924. The highest BCUT2D eigenvalue weighted by atomic mass is 32.1. The van der Waals surface area contributed by atoms with Gasteiger partial charge in [0.1, 0.15) is 22.4 Å². The summed E-state index contributed by atoms with van der Waals surface area (Å²) >= 11 is 0.762. The number of primary amides is 1. The number of nitrogen functional groups attached to an aromatic ring is 1. The first-order valence-electron chi connectivity index (χ1n) is 12.7. The molecule has 39 heavy (non-hydrogen) atoms. The topological polar surface area (TPSA) is 150 Å². The lowest BCUT2D eigenvalue weighted by atomic mass is 9.94. The number of hydrogen-bond donors (Lipinski definition) is 3. The Bertz CT molecular complexity index is 1350. The second-order valence-electron chi connectivity index (χ2n) is 9.50. The number of ether oxygens (including phenoxy) is 2. The second-order valence-corrected chi connectivity index (χ2v) is 10.3. The fraction of sp³-hybridized carbons (Fsp3) is 0.357. The highest BCUT2D eigenvalue weighted by molar-refractivity contribution is 7.09. The Kier molecular flexibility index (Phi) is 8.70. The van der Waals surface area contributed by atoms with Crippen molar-refractivity contribution in [2.24, 2.45) is 5.73 Å². The number of carbonyl (C=O) groups is 3.